The minimum atomic E-state index is -0.631. The third-order valence-corrected chi connectivity index (χ3v) is 4.94. The highest BCUT2D eigenvalue weighted by molar-refractivity contribution is 6.21. The van der Waals surface area contributed by atoms with E-state index in [1.54, 1.807) is 6.07 Å². The summed E-state index contributed by atoms with van der Waals surface area (Å²) in [5.41, 5.74) is 2.00. The molecule has 140 valence electrons. The van der Waals surface area contributed by atoms with Gasteiger partial charge in [-0.15, -0.1) is 0 Å². The second-order valence-corrected chi connectivity index (χ2v) is 6.71. The molecule has 0 fully saturated rings. The van der Waals surface area contributed by atoms with Crippen molar-refractivity contribution >= 4 is 28.5 Å². The number of carbonyl (C=O) groups is 2. The lowest BCUT2D eigenvalue weighted by Gasteiger charge is -2.15. The molecule has 0 radical (unpaired) electrons. The molecule has 2 heterocycles. The molecule has 2 amide bonds. The van der Waals surface area contributed by atoms with Crippen LogP contribution >= 0.6 is 0 Å². The van der Waals surface area contributed by atoms with E-state index in [0.29, 0.717) is 16.5 Å². The highest BCUT2D eigenvalue weighted by Gasteiger charge is 2.37. The summed E-state index contributed by atoms with van der Waals surface area (Å²) in [6.07, 6.45) is 0. The number of hydrogen-bond acceptors (Lipinski definition) is 6. The lowest BCUT2D eigenvalue weighted by molar-refractivity contribution is -0.384. The molecular formula is C20H14N2O6. The van der Waals surface area contributed by atoms with Crippen molar-refractivity contribution in [2.45, 2.75) is 20.4 Å². The largest absolute Gasteiger partial charge is 0.423 e. The Balaban J connectivity index is 1.79. The topological polar surface area (TPSA) is 111 Å². The molecule has 0 saturated heterocycles. The van der Waals surface area contributed by atoms with Crippen LogP contribution < -0.4 is 5.63 Å². The first-order chi connectivity index (χ1) is 13.3. The van der Waals surface area contributed by atoms with Gasteiger partial charge in [0.15, 0.2) is 0 Å². The first-order valence-electron chi connectivity index (χ1n) is 8.45. The molecule has 2 aromatic carbocycles. The van der Waals surface area contributed by atoms with Gasteiger partial charge in [0.25, 0.3) is 17.5 Å². The molecule has 0 saturated carbocycles. The van der Waals surface area contributed by atoms with E-state index in [1.165, 1.54) is 18.2 Å². The number of non-ortho nitro benzene ring substituents is 1. The van der Waals surface area contributed by atoms with Gasteiger partial charge in [-0.1, -0.05) is 0 Å². The van der Waals surface area contributed by atoms with Gasteiger partial charge in [0.1, 0.15) is 5.58 Å². The van der Waals surface area contributed by atoms with Crippen molar-refractivity contribution < 1.29 is 18.9 Å². The van der Waals surface area contributed by atoms with E-state index in [-0.39, 0.29) is 23.4 Å². The maximum absolute atomic E-state index is 12.7. The van der Waals surface area contributed by atoms with Gasteiger partial charge in [0.2, 0.25) is 0 Å². The van der Waals surface area contributed by atoms with Gasteiger partial charge in [-0.3, -0.25) is 24.6 Å². The molecule has 0 bridgehead atoms. The molecule has 0 unspecified atom stereocenters. The number of imide groups is 1. The van der Waals surface area contributed by atoms with Crippen LogP contribution in [0.3, 0.4) is 0 Å². The molecule has 4 rings (SSSR count). The van der Waals surface area contributed by atoms with Crippen LogP contribution in [-0.4, -0.2) is 21.6 Å². The maximum atomic E-state index is 12.7. The van der Waals surface area contributed by atoms with Gasteiger partial charge < -0.3 is 4.42 Å². The summed E-state index contributed by atoms with van der Waals surface area (Å²) in [5, 5.41) is 11.6. The number of aryl methyl sites for hydroxylation is 2. The maximum Gasteiger partial charge on any atom is 0.336 e. The minimum absolute atomic E-state index is 0.0153. The summed E-state index contributed by atoms with van der Waals surface area (Å²) in [4.78, 5) is 48.6. The van der Waals surface area contributed by atoms with E-state index < -0.39 is 22.4 Å². The van der Waals surface area contributed by atoms with Gasteiger partial charge in [-0.2, -0.15) is 0 Å². The van der Waals surface area contributed by atoms with Gasteiger partial charge in [-0.25, -0.2) is 4.79 Å². The van der Waals surface area contributed by atoms with Crippen molar-refractivity contribution in [3.05, 3.63) is 84.7 Å². The number of nitrogens with zero attached hydrogens (tertiary/aromatic N) is 2. The van der Waals surface area contributed by atoms with Gasteiger partial charge >= 0.3 is 5.63 Å². The lowest BCUT2D eigenvalue weighted by atomic mass is 10.0. The highest BCUT2D eigenvalue weighted by atomic mass is 16.6. The Morgan fingerprint density at radius 3 is 2.36 bits per heavy atom. The predicted octanol–water partition coefficient (Wildman–Crippen LogP) is 3.11. The van der Waals surface area contributed by atoms with Crippen molar-refractivity contribution in [3.8, 4) is 0 Å². The van der Waals surface area contributed by atoms with Crippen LogP contribution in [0.15, 0.2) is 45.6 Å². The van der Waals surface area contributed by atoms with Crippen LogP contribution in [0.25, 0.3) is 11.0 Å². The molecule has 1 aliphatic heterocycles. The predicted molar refractivity (Wildman–Crippen MR) is 99.3 cm³/mol. The normalized spacial score (nSPS) is 13.3. The monoisotopic (exact) mass is 378 g/mol. The molecule has 0 N–H and O–H groups in total. The molecule has 3 aromatic rings. The number of nitro groups is 1. The summed E-state index contributed by atoms with van der Waals surface area (Å²) < 4.78 is 5.24. The summed E-state index contributed by atoms with van der Waals surface area (Å²) in [5.74, 6) is -1.19. The Morgan fingerprint density at radius 1 is 0.964 bits per heavy atom. The van der Waals surface area contributed by atoms with E-state index >= 15 is 0 Å². The van der Waals surface area contributed by atoms with E-state index in [1.807, 2.05) is 19.9 Å². The SMILES string of the molecule is Cc1cc2oc(=O)cc(CN3C(=O)c4ccc([N+](=O)[O-])cc4C3=O)c2cc1C. The van der Waals surface area contributed by atoms with Gasteiger partial charge in [-0.05, 0) is 48.7 Å². The van der Waals surface area contributed by atoms with E-state index in [9.17, 15) is 24.5 Å². The average Bonchev–Trinajstić information content (AvgIpc) is 2.87. The number of rotatable bonds is 3. The highest BCUT2D eigenvalue weighted by Crippen LogP contribution is 2.29. The second-order valence-electron chi connectivity index (χ2n) is 6.71. The van der Waals surface area contributed by atoms with Crippen LogP contribution in [0.2, 0.25) is 0 Å². The van der Waals surface area contributed by atoms with E-state index in [2.05, 4.69) is 0 Å². The summed E-state index contributed by atoms with van der Waals surface area (Å²) >= 11 is 0. The number of amides is 2. The Morgan fingerprint density at radius 2 is 1.64 bits per heavy atom. The van der Waals surface area contributed by atoms with Crippen molar-refractivity contribution in [2.24, 2.45) is 0 Å². The van der Waals surface area contributed by atoms with Crippen molar-refractivity contribution in [3.63, 3.8) is 0 Å². The van der Waals surface area contributed by atoms with Gasteiger partial charge in [0, 0.05) is 23.6 Å². The molecule has 0 atom stereocenters. The quantitative estimate of drug-likeness (QED) is 0.300. The fourth-order valence-electron chi connectivity index (χ4n) is 3.32. The number of benzene rings is 2. The fraction of sp³-hybridized carbons (Fsp3) is 0.150. The first-order valence-corrected chi connectivity index (χ1v) is 8.45. The Bertz CT molecular complexity index is 1260. The second kappa shape index (κ2) is 6.12. The summed E-state index contributed by atoms with van der Waals surface area (Å²) in [7, 11) is 0. The summed E-state index contributed by atoms with van der Waals surface area (Å²) in [6.45, 7) is 3.66. The first kappa shape index (κ1) is 17.6. The van der Waals surface area contributed by atoms with Crippen molar-refractivity contribution in [1.82, 2.24) is 4.90 Å². The molecule has 0 aliphatic carbocycles. The number of hydrogen-bond donors (Lipinski definition) is 0. The standard InChI is InChI=1S/C20H14N2O6/c1-10-5-15-12(7-18(23)28-17(15)6-11(10)2)9-21-19(24)14-4-3-13(22(26)27)8-16(14)20(21)25/h3-8H,9H2,1-2H3. The number of nitro benzene ring substituents is 1. The van der Waals surface area contributed by atoms with Crippen LogP contribution in [0.1, 0.15) is 37.4 Å². The zero-order valence-corrected chi connectivity index (χ0v) is 15.0. The lowest BCUT2D eigenvalue weighted by Crippen LogP contribution is -2.29. The molecule has 1 aliphatic rings. The smallest absolute Gasteiger partial charge is 0.336 e. The Labute approximate surface area is 158 Å². The van der Waals surface area contributed by atoms with Crippen molar-refractivity contribution in [2.75, 3.05) is 0 Å². The molecule has 0 spiro atoms. The van der Waals surface area contributed by atoms with Crippen LogP contribution in [0, 0.1) is 24.0 Å². The Hall–Kier alpha value is -3.81. The third-order valence-electron chi connectivity index (χ3n) is 4.94. The van der Waals surface area contributed by atoms with E-state index in [4.69, 9.17) is 4.42 Å². The molecule has 1 aromatic heterocycles. The van der Waals surface area contributed by atoms with Crippen LogP contribution in [-0.2, 0) is 6.54 Å². The molecule has 8 nitrogen and oxygen atoms in total. The van der Waals surface area contributed by atoms with Crippen LogP contribution in [0.5, 0.6) is 0 Å². The fourth-order valence-corrected chi connectivity index (χ4v) is 3.32. The zero-order valence-electron chi connectivity index (χ0n) is 15.0. The van der Waals surface area contributed by atoms with E-state index in [0.717, 1.165) is 22.1 Å². The molecular weight excluding hydrogens is 364 g/mol. The minimum Gasteiger partial charge on any atom is -0.423 e. The van der Waals surface area contributed by atoms with Gasteiger partial charge in [0.05, 0.1) is 22.6 Å². The van der Waals surface area contributed by atoms with Crippen LogP contribution in [0.4, 0.5) is 5.69 Å². The number of carbonyl (C=O) groups excluding carboxylic acids is 2. The Kier molecular flexibility index (Phi) is 3.85. The molecule has 8 heteroatoms. The summed E-state index contributed by atoms with van der Waals surface area (Å²) in [6, 6.07) is 8.39. The average molecular weight is 378 g/mol. The zero-order chi connectivity index (χ0) is 20.2. The number of fused-ring (bicyclic) bond motifs is 2. The van der Waals surface area contributed by atoms with Crippen molar-refractivity contribution in [1.29, 1.82) is 0 Å². The third kappa shape index (κ3) is 2.66. The molecule has 28 heavy (non-hydrogen) atoms.